The molecule has 0 aliphatic carbocycles. The Balaban J connectivity index is 2.17. The van der Waals surface area contributed by atoms with Gasteiger partial charge >= 0.3 is 0 Å². The van der Waals surface area contributed by atoms with Crippen molar-refractivity contribution in [3.63, 3.8) is 0 Å². The molecule has 2 rings (SSSR count). The molecule has 110 valence electrons. The zero-order valence-electron chi connectivity index (χ0n) is 11.6. The number of rotatable bonds is 3. The summed E-state index contributed by atoms with van der Waals surface area (Å²) in [5, 5.41) is 9.23. The molecule has 1 aliphatic rings. The first-order chi connectivity index (χ1) is 9.65. The smallest absolute Gasteiger partial charge is 0.254 e. The molecule has 0 aromatic carbocycles. The van der Waals surface area contributed by atoms with Gasteiger partial charge in [0, 0.05) is 50.0 Å². The number of hydrogen-bond acceptors (Lipinski definition) is 4. The van der Waals surface area contributed by atoms with E-state index in [1.807, 2.05) is 6.92 Å². The lowest BCUT2D eigenvalue weighted by Gasteiger charge is -2.22. The first-order valence-electron chi connectivity index (χ1n) is 6.84. The number of amides is 1. The number of pyridine rings is 1. The third-order valence-corrected chi connectivity index (χ3v) is 3.47. The van der Waals surface area contributed by atoms with Gasteiger partial charge < -0.3 is 19.3 Å². The molecule has 2 heterocycles. The molecular formula is C14H20N2O4. The van der Waals surface area contributed by atoms with Crippen molar-refractivity contribution >= 4 is 5.91 Å². The summed E-state index contributed by atoms with van der Waals surface area (Å²) in [5.74, 6) is -0.258. The summed E-state index contributed by atoms with van der Waals surface area (Å²) in [7, 11) is 0. The van der Waals surface area contributed by atoms with Crippen LogP contribution in [0.4, 0.5) is 0 Å². The van der Waals surface area contributed by atoms with Crippen molar-refractivity contribution in [2.75, 3.05) is 32.9 Å². The standard InChI is InChI=1S/C14H20N2O4/c1-2-15-4-3-12(7-13(15)18)14(19)16-5-6-20-10-11(8-16)9-17/h3-4,7,11,17H,2,5-6,8-10H2,1H3/t11-/m1/s1. The Morgan fingerprint density at radius 2 is 2.35 bits per heavy atom. The highest BCUT2D eigenvalue weighted by Crippen LogP contribution is 2.10. The summed E-state index contributed by atoms with van der Waals surface area (Å²) in [6, 6.07) is 3.03. The fourth-order valence-electron chi connectivity index (χ4n) is 2.26. The average molecular weight is 280 g/mol. The molecule has 0 radical (unpaired) electrons. The lowest BCUT2D eigenvalue weighted by molar-refractivity contribution is 0.0728. The highest BCUT2D eigenvalue weighted by atomic mass is 16.5. The molecular weight excluding hydrogens is 260 g/mol. The second-order valence-corrected chi connectivity index (χ2v) is 4.91. The first kappa shape index (κ1) is 14.7. The Hall–Kier alpha value is -1.66. The van der Waals surface area contributed by atoms with Gasteiger partial charge in [-0.15, -0.1) is 0 Å². The molecule has 20 heavy (non-hydrogen) atoms. The van der Waals surface area contributed by atoms with Crippen LogP contribution in [0.25, 0.3) is 0 Å². The van der Waals surface area contributed by atoms with Crippen molar-refractivity contribution in [2.24, 2.45) is 5.92 Å². The monoisotopic (exact) mass is 280 g/mol. The van der Waals surface area contributed by atoms with Crippen LogP contribution >= 0.6 is 0 Å². The van der Waals surface area contributed by atoms with Gasteiger partial charge in [-0.2, -0.15) is 0 Å². The lowest BCUT2D eigenvalue weighted by atomic mass is 10.1. The van der Waals surface area contributed by atoms with Crippen LogP contribution in [-0.2, 0) is 11.3 Å². The van der Waals surface area contributed by atoms with Crippen molar-refractivity contribution in [3.8, 4) is 0 Å². The van der Waals surface area contributed by atoms with Crippen LogP contribution in [0.2, 0.25) is 0 Å². The molecule has 6 nitrogen and oxygen atoms in total. The number of nitrogens with zero attached hydrogens (tertiary/aromatic N) is 2. The molecule has 0 spiro atoms. The van der Waals surface area contributed by atoms with Gasteiger partial charge in [0.15, 0.2) is 0 Å². The molecule has 1 aromatic heterocycles. The lowest BCUT2D eigenvalue weighted by Crippen LogP contribution is -2.37. The maximum atomic E-state index is 12.4. The highest BCUT2D eigenvalue weighted by molar-refractivity contribution is 5.94. The fraction of sp³-hybridized carbons (Fsp3) is 0.571. The fourth-order valence-corrected chi connectivity index (χ4v) is 2.26. The minimum absolute atomic E-state index is 0.0127. The summed E-state index contributed by atoms with van der Waals surface area (Å²) in [6.45, 7) is 4.28. The predicted molar refractivity (Wildman–Crippen MR) is 73.7 cm³/mol. The molecule has 1 atom stereocenters. The van der Waals surface area contributed by atoms with E-state index in [0.29, 0.717) is 38.4 Å². The second-order valence-electron chi connectivity index (χ2n) is 4.91. The molecule has 0 bridgehead atoms. The van der Waals surface area contributed by atoms with Gasteiger partial charge in [0.25, 0.3) is 11.5 Å². The molecule has 1 saturated heterocycles. The summed E-state index contributed by atoms with van der Waals surface area (Å²) in [6.07, 6.45) is 1.63. The molecule has 1 fully saturated rings. The van der Waals surface area contributed by atoms with Crippen molar-refractivity contribution in [2.45, 2.75) is 13.5 Å². The minimum Gasteiger partial charge on any atom is -0.396 e. The third kappa shape index (κ3) is 3.26. The van der Waals surface area contributed by atoms with Crippen LogP contribution in [-0.4, -0.2) is 53.4 Å². The van der Waals surface area contributed by atoms with Crippen LogP contribution in [0.5, 0.6) is 0 Å². The van der Waals surface area contributed by atoms with E-state index >= 15 is 0 Å². The number of aryl methyl sites for hydroxylation is 1. The zero-order chi connectivity index (χ0) is 14.5. The van der Waals surface area contributed by atoms with Crippen molar-refractivity contribution in [3.05, 3.63) is 34.2 Å². The highest BCUT2D eigenvalue weighted by Gasteiger charge is 2.23. The molecule has 0 saturated carbocycles. The van der Waals surface area contributed by atoms with Crippen molar-refractivity contribution < 1.29 is 14.6 Å². The van der Waals surface area contributed by atoms with Crippen molar-refractivity contribution in [1.82, 2.24) is 9.47 Å². The van der Waals surface area contributed by atoms with E-state index in [2.05, 4.69) is 0 Å². The van der Waals surface area contributed by atoms with Gasteiger partial charge in [-0.1, -0.05) is 0 Å². The van der Waals surface area contributed by atoms with Gasteiger partial charge in [-0.25, -0.2) is 0 Å². The van der Waals surface area contributed by atoms with Gasteiger partial charge in [0.05, 0.1) is 13.2 Å². The van der Waals surface area contributed by atoms with E-state index in [9.17, 15) is 14.7 Å². The largest absolute Gasteiger partial charge is 0.396 e. The van der Waals surface area contributed by atoms with Gasteiger partial charge in [0.2, 0.25) is 0 Å². The van der Waals surface area contributed by atoms with E-state index < -0.39 is 0 Å². The molecule has 0 unspecified atom stereocenters. The van der Waals surface area contributed by atoms with Crippen molar-refractivity contribution in [1.29, 1.82) is 0 Å². The molecule has 6 heteroatoms. The maximum Gasteiger partial charge on any atom is 0.254 e. The third-order valence-electron chi connectivity index (χ3n) is 3.47. The van der Waals surface area contributed by atoms with Gasteiger partial charge in [-0.3, -0.25) is 9.59 Å². The Bertz CT molecular complexity index is 526. The number of aliphatic hydroxyl groups is 1. The zero-order valence-corrected chi connectivity index (χ0v) is 11.6. The number of ether oxygens (including phenoxy) is 1. The molecule has 1 N–H and O–H groups in total. The maximum absolute atomic E-state index is 12.4. The van der Waals surface area contributed by atoms with Crippen LogP contribution < -0.4 is 5.56 Å². The van der Waals surface area contributed by atoms with E-state index in [-0.39, 0.29) is 24.0 Å². The van der Waals surface area contributed by atoms with Crippen LogP contribution in [0.1, 0.15) is 17.3 Å². The van der Waals surface area contributed by atoms with Gasteiger partial charge in [-0.05, 0) is 13.0 Å². The quantitative estimate of drug-likeness (QED) is 0.842. The molecule has 1 aliphatic heterocycles. The SMILES string of the molecule is CCn1ccc(C(=O)N2CCOC[C@@H](CO)C2)cc1=O. The Kier molecular flexibility index (Phi) is 4.92. The number of carbonyl (C=O) groups is 1. The number of hydrogen-bond donors (Lipinski definition) is 1. The first-order valence-corrected chi connectivity index (χ1v) is 6.84. The molecule has 1 aromatic rings. The molecule has 1 amide bonds. The van der Waals surface area contributed by atoms with E-state index in [1.165, 1.54) is 6.07 Å². The predicted octanol–water partition coefficient (Wildman–Crippen LogP) is -0.0509. The number of aromatic nitrogens is 1. The normalized spacial score (nSPS) is 19.7. The van der Waals surface area contributed by atoms with Crippen LogP contribution in [0.3, 0.4) is 0 Å². The summed E-state index contributed by atoms with van der Waals surface area (Å²) in [4.78, 5) is 25.8. The number of aliphatic hydroxyl groups excluding tert-OH is 1. The Morgan fingerprint density at radius 3 is 3.00 bits per heavy atom. The Morgan fingerprint density at radius 1 is 1.55 bits per heavy atom. The topological polar surface area (TPSA) is 71.8 Å². The summed E-state index contributed by atoms with van der Waals surface area (Å²) < 4.78 is 6.90. The summed E-state index contributed by atoms with van der Waals surface area (Å²) >= 11 is 0. The average Bonchev–Trinajstić information content (AvgIpc) is 2.71. The van der Waals surface area contributed by atoms with E-state index in [0.717, 1.165) is 0 Å². The Labute approximate surface area is 117 Å². The van der Waals surface area contributed by atoms with E-state index in [1.54, 1.807) is 21.7 Å². The second kappa shape index (κ2) is 6.67. The van der Waals surface area contributed by atoms with Crippen LogP contribution in [0.15, 0.2) is 23.1 Å². The van der Waals surface area contributed by atoms with E-state index in [4.69, 9.17) is 4.74 Å². The summed E-state index contributed by atoms with van der Waals surface area (Å²) in [5.41, 5.74) is 0.210. The minimum atomic E-state index is -0.186. The van der Waals surface area contributed by atoms with Crippen LogP contribution in [0, 0.1) is 5.92 Å². The number of carbonyl (C=O) groups excluding carboxylic acids is 1. The van der Waals surface area contributed by atoms with Gasteiger partial charge in [0.1, 0.15) is 0 Å².